The number of carbonyl (C=O) groups is 3. The Labute approximate surface area is 202 Å². The van der Waals surface area contributed by atoms with Crippen molar-refractivity contribution in [1.29, 1.82) is 0 Å². The lowest BCUT2D eigenvalue weighted by atomic mass is 9.98. The molecule has 0 saturated heterocycles. The second-order valence-corrected chi connectivity index (χ2v) is 9.06. The van der Waals surface area contributed by atoms with Crippen LogP contribution in [-0.2, 0) is 20.7 Å². The summed E-state index contributed by atoms with van der Waals surface area (Å²) in [5.74, 6) is -1.25. The molecule has 0 aliphatic heterocycles. The Bertz CT molecular complexity index is 1240. The number of carboxylic acids is 1. The van der Waals surface area contributed by atoms with Crippen molar-refractivity contribution in [3.8, 4) is 11.1 Å². The zero-order valence-electron chi connectivity index (χ0n) is 19.0. The molecule has 0 radical (unpaired) electrons. The van der Waals surface area contributed by atoms with E-state index in [4.69, 9.17) is 9.84 Å². The van der Waals surface area contributed by atoms with Gasteiger partial charge in [-0.2, -0.15) is 0 Å². The maximum absolute atomic E-state index is 12.6. The standard InChI is InChI=1S/C27H25N3O5/c31-24(29-18-10-9-17(28-15-18)13-25(32)33)14-27(11-12-27)30-26(34)35-16-23-21-7-3-1-5-19(21)20-6-2-4-8-22(20)23/h1-10,15,23H,11-14,16H2,(H,29,31)(H,30,34)(H,32,33). The molecule has 2 amide bonds. The Balaban J connectivity index is 1.15. The molecule has 8 nitrogen and oxygen atoms in total. The number of hydrogen-bond donors (Lipinski definition) is 3. The topological polar surface area (TPSA) is 118 Å². The number of anilines is 1. The summed E-state index contributed by atoms with van der Waals surface area (Å²) in [6.07, 6.45) is 2.22. The predicted molar refractivity (Wildman–Crippen MR) is 129 cm³/mol. The molecule has 0 bridgehead atoms. The number of alkyl carbamates (subject to hydrolysis) is 1. The average Bonchev–Trinajstić information content (AvgIpc) is 3.50. The summed E-state index contributed by atoms with van der Waals surface area (Å²) in [6.45, 7) is 0.219. The molecular weight excluding hydrogens is 446 g/mol. The minimum atomic E-state index is -0.968. The predicted octanol–water partition coefficient (Wildman–Crippen LogP) is 4.11. The Morgan fingerprint density at radius 1 is 0.971 bits per heavy atom. The van der Waals surface area contributed by atoms with Gasteiger partial charge < -0.3 is 20.5 Å². The van der Waals surface area contributed by atoms with E-state index in [1.165, 1.54) is 6.20 Å². The number of carboxylic acid groups (broad SMARTS) is 1. The number of aromatic nitrogens is 1. The van der Waals surface area contributed by atoms with Crippen molar-refractivity contribution in [3.63, 3.8) is 0 Å². The third kappa shape index (κ3) is 5.01. The first-order valence-corrected chi connectivity index (χ1v) is 11.5. The van der Waals surface area contributed by atoms with Crippen LogP contribution in [0.3, 0.4) is 0 Å². The number of fused-ring (bicyclic) bond motifs is 3. The van der Waals surface area contributed by atoms with Crippen LogP contribution in [0.5, 0.6) is 0 Å². The van der Waals surface area contributed by atoms with E-state index in [-0.39, 0.29) is 31.3 Å². The zero-order valence-corrected chi connectivity index (χ0v) is 19.0. The Morgan fingerprint density at radius 3 is 2.20 bits per heavy atom. The van der Waals surface area contributed by atoms with Crippen LogP contribution in [0.25, 0.3) is 11.1 Å². The third-order valence-electron chi connectivity index (χ3n) is 6.50. The van der Waals surface area contributed by atoms with E-state index < -0.39 is 17.6 Å². The molecule has 5 rings (SSSR count). The molecular formula is C27H25N3O5. The highest BCUT2D eigenvalue weighted by Gasteiger charge is 2.46. The first-order chi connectivity index (χ1) is 16.9. The van der Waals surface area contributed by atoms with E-state index in [1.54, 1.807) is 12.1 Å². The Morgan fingerprint density at radius 2 is 1.63 bits per heavy atom. The van der Waals surface area contributed by atoms with Gasteiger partial charge in [0.15, 0.2) is 0 Å². The minimum Gasteiger partial charge on any atom is -0.481 e. The van der Waals surface area contributed by atoms with Gasteiger partial charge in [0.05, 0.1) is 36.0 Å². The molecule has 2 aliphatic carbocycles. The van der Waals surface area contributed by atoms with E-state index in [9.17, 15) is 14.4 Å². The first-order valence-electron chi connectivity index (χ1n) is 11.5. The van der Waals surface area contributed by atoms with E-state index in [0.717, 1.165) is 22.3 Å². The molecule has 3 aromatic rings. The van der Waals surface area contributed by atoms with Gasteiger partial charge in [-0.1, -0.05) is 48.5 Å². The lowest BCUT2D eigenvalue weighted by molar-refractivity contribution is -0.136. The average molecular weight is 472 g/mol. The number of nitrogens with one attached hydrogen (secondary N) is 2. The number of rotatable bonds is 8. The lowest BCUT2D eigenvalue weighted by Crippen LogP contribution is -2.40. The summed E-state index contributed by atoms with van der Waals surface area (Å²) in [4.78, 5) is 40.0. The fourth-order valence-electron chi connectivity index (χ4n) is 4.62. The van der Waals surface area contributed by atoms with Gasteiger partial charge >= 0.3 is 12.1 Å². The third-order valence-corrected chi connectivity index (χ3v) is 6.50. The molecule has 35 heavy (non-hydrogen) atoms. The summed E-state index contributed by atoms with van der Waals surface area (Å²) >= 11 is 0. The van der Waals surface area contributed by atoms with Crippen molar-refractivity contribution in [2.45, 2.75) is 37.1 Å². The van der Waals surface area contributed by atoms with Crippen molar-refractivity contribution in [3.05, 3.63) is 83.7 Å². The minimum absolute atomic E-state index is 0.0248. The number of carbonyl (C=O) groups excluding carboxylic acids is 2. The number of benzene rings is 2. The summed E-state index contributed by atoms with van der Waals surface area (Å²) in [7, 11) is 0. The van der Waals surface area contributed by atoms with Gasteiger partial charge in [-0.15, -0.1) is 0 Å². The Hall–Kier alpha value is -4.20. The summed E-state index contributed by atoms with van der Waals surface area (Å²) in [5.41, 5.74) is 4.89. The monoisotopic (exact) mass is 471 g/mol. The number of ether oxygens (including phenoxy) is 1. The normalized spacial score (nSPS) is 15.0. The van der Waals surface area contributed by atoms with Gasteiger partial charge in [-0.05, 0) is 47.2 Å². The maximum Gasteiger partial charge on any atom is 0.407 e. The molecule has 0 unspecified atom stereocenters. The van der Waals surface area contributed by atoms with E-state index in [0.29, 0.717) is 24.2 Å². The van der Waals surface area contributed by atoms with Crippen LogP contribution in [0.4, 0.5) is 10.5 Å². The smallest absolute Gasteiger partial charge is 0.407 e. The SMILES string of the molecule is O=C(O)Cc1ccc(NC(=O)CC2(NC(=O)OCC3c4ccccc4-c4ccccc43)CC2)cn1. The van der Waals surface area contributed by atoms with Crippen LogP contribution in [0.1, 0.15) is 42.0 Å². The van der Waals surface area contributed by atoms with E-state index >= 15 is 0 Å². The second kappa shape index (κ2) is 9.21. The van der Waals surface area contributed by atoms with Crippen molar-refractivity contribution >= 4 is 23.7 Å². The van der Waals surface area contributed by atoms with Crippen LogP contribution in [0, 0.1) is 0 Å². The molecule has 1 aromatic heterocycles. The summed E-state index contributed by atoms with van der Waals surface area (Å²) in [5, 5.41) is 14.5. The van der Waals surface area contributed by atoms with Gasteiger partial charge in [-0.3, -0.25) is 14.6 Å². The number of hydrogen-bond acceptors (Lipinski definition) is 5. The molecule has 8 heteroatoms. The number of amides is 2. The quantitative estimate of drug-likeness (QED) is 0.455. The molecule has 178 valence electrons. The maximum atomic E-state index is 12.6. The first kappa shape index (κ1) is 22.6. The largest absolute Gasteiger partial charge is 0.481 e. The van der Waals surface area contributed by atoms with Crippen LogP contribution in [0.15, 0.2) is 66.9 Å². The molecule has 3 N–H and O–H groups in total. The lowest BCUT2D eigenvalue weighted by Gasteiger charge is -2.19. The fraction of sp³-hybridized carbons (Fsp3) is 0.259. The molecule has 0 spiro atoms. The molecule has 1 fully saturated rings. The van der Waals surface area contributed by atoms with Crippen LogP contribution < -0.4 is 10.6 Å². The molecule has 2 aliphatic rings. The molecule has 1 saturated carbocycles. The zero-order chi connectivity index (χ0) is 24.4. The van der Waals surface area contributed by atoms with Crippen LogP contribution in [-0.4, -0.2) is 40.2 Å². The van der Waals surface area contributed by atoms with Crippen molar-refractivity contribution in [2.75, 3.05) is 11.9 Å². The summed E-state index contributed by atoms with van der Waals surface area (Å²) in [6, 6.07) is 19.5. The number of nitrogens with zero attached hydrogens (tertiary/aromatic N) is 1. The highest BCUT2D eigenvalue weighted by atomic mass is 16.5. The van der Waals surface area contributed by atoms with E-state index in [2.05, 4.69) is 39.9 Å². The van der Waals surface area contributed by atoms with Gasteiger partial charge in [-0.25, -0.2) is 4.79 Å². The van der Waals surface area contributed by atoms with Gasteiger partial charge in [0.2, 0.25) is 5.91 Å². The molecule has 1 heterocycles. The van der Waals surface area contributed by atoms with Crippen LogP contribution >= 0.6 is 0 Å². The van der Waals surface area contributed by atoms with Crippen molar-refractivity contribution in [1.82, 2.24) is 10.3 Å². The van der Waals surface area contributed by atoms with Crippen molar-refractivity contribution < 1.29 is 24.2 Å². The Kier molecular flexibility index (Phi) is 5.94. The number of aliphatic carboxylic acids is 1. The molecule has 0 atom stereocenters. The summed E-state index contributed by atoms with van der Waals surface area (Å²) < 4.78 is 5.62. The van der Waals surface area contributed by atoms with Gasteiger partial charge in [0, 0.05) is 5.92 Å². The van der Waals surface area contributed by atoms with Crippen LogP contribution in [0.2, 0.25) is 0 Å². The van der Waals surface area contributed by atoms with Gasteiger partial charge in [0.1, 0.15) is 6.61 Å². The van der Waals surface area contributed by atoms with Gasteiger partial charge in [0.25, 0.3) is 0 Å². The highest BCUT2D eigenvalue weighted by Crippen LogP contribution is 2.44. The van der Waals surface area contributed by atoms with Crippen molar-refractivity contribution in [2.24, 2.45) is 0 Å². The second-order valence-electron chi connectivity index (χ2n) is 9.06. The van der Waals surface area contributed by atoms with E-state index in [1.807, 2.05) is 24.3 Å². The highest BCUT2D eigenvalue weighted by molar-refractivity contribution is 5.92. The molecule has 2 aromatic carbocycles. The number of pyridine rings is 1. The fourth-order valence-corrected chi connectivity index (χ4v) is 4.62.